The van der Waals surface area contributed by atoms with Gasteiger partial charge in [-0.25, -0.2) is 4.98 Å². The molecule has 1 atom stereocenters. The van der Waals surface area contributed by atoms with E-state index in [0.29, 0.717) is 25.6 Å². The monoisotopic (exact) mass is 388 g/mol. The van der Waals surface area contributed by atoms with Crippen LogP contribution in [0.5, 0.6) is 0 Å². The summed E-state index contributed by atoms with van der Waals surface area (Å²) in [6.07, 6.45) is 2.18. The molecule has 1 aromatic heterocycles. The molecule has 2 aromatic rings. The number of aromatic nitrogens is 1. The Bertz CT molecular complexity index is 758. The minimum Gasteiger partial charge on any atom is -0.355 e. The van der Waals surface area contributed by atoms with Gasteiger partial charge in [-0.1, -0.05) is 12.1 Å². The maximum atomic E-state index is 12.7. The van der Waals surface area contributed by atoms with Gasteiger partial charge in [-0.2, -0.15) is 0 Å². The van der Waals surface area contributed by atoms with E-state index in [0.717, 1.165) is 31.4 Å². The molecule has 6 nitrogen and oxygen atoms in total. The van der Waals surface area contributed by atoms with Crippen LogP contribution in [-0.4, -0.2) is 65.9 Å². The second-order valence-corrected chi connectivity index (χ2v) is 8.02. The average Bonchev–Trinajstić information content (AvgIpc) is 3.11. The number of carbonyl (C=O) groups is 2. The summed E-state index contributed by atoms with van der Waals surface area (Å²) in [5.41, 5.74) is 1.06. The van der Waals surface area contributed by atoms with Gasteiger partial charge in [-0.15, -0.1) is 11.3 Å². The van der Waals surface area contributed by atoms with Crippen LogP contribution in [0.1, 0.15) is 37.6 Å². The first-order valence-electron chi connectivity index (χ1n) is 9.73. The Labute approximate surface area is 164 Å². The molecule has 1 N–H and O–H groups in total. The molecular weight excluding hydrogens is 360 g/mol. The molecule has 146 valence electrons. The summed E-state index contributed by atoms with van der Waals surface area (Å²) in [5.74, 6) is 0.301. The zero-order chi connectivity index (χ0) is 19.2. The molecule has 0 aliphatic carbocycles. The number of para-hydroxylation sites is 1. The van der Waals surface area contributed by atoms with Crippen LogP contribution in [0.2, 0.25) is 0 Å². The maximum absolute atomic E-state index is 12.7. The van der Waals surface area contributed by atoms with Crippen molar-refractivity contribution in [2.75, 3.05) is 39.3 Å². The third-order valence-corrected chi connectivity index (χ3v) is 6.17. The second kappa shape index (κ2) is 9.28. The Balaban J connectivity index is 1.60. The summed E-state index contributed by atoms with van der Waals surface area (Å²) in [6.45, 7) is 7.21. The maximum Gasteiger partial charge on any atom is 0.239 e. The molecule has 0 unspecified atom stereocenters. The zero-order valence-electron chi connectivity index (χ0n) is 16.1. The summed E-state index contributed by atoms with van der Waals surface area (Å²) in [7, 11) is 0. The molecule has 7 heteroatoms. The highest BCUT2D eigenvalue weighted by Gasteiger charge is 2.26. The lowest BCUT2D eigenvalue weighted by molar-refractivity contribution is -0.137. The van der Waals surface area contributed by atoms with Gasteiger partial charge in [0.15, 0.2) is 0 Å². The molecule has 0 radical (unpaired) electrons. The van der Waals surface area contributed by atoms with Gasteiger partial charge in [-0.3, -0.25) is 14.5 Å². The van der Waals surface area contributed by atoms with Gasteiger partial charge in [0.25, 0.3) is 0 Å². The minimum atomic E-state index is -0.0984. The fraction of sp³-hybridized carbons (Fsp3) is 0.550. The van der Waals surface area contributed by atoms with Crippen LogP contribution in [0.25, 0.3) is 10.2 Å². The van der Waals surface area contributed by atoms with Crippen molar-refractivity contribution in [1.82, 2.24) is 20.1 Å². The van der Waals surface area contributed by atoms with Gasteiger partial charge < -0.3 is 10.2 Å². The van der Waals surface area contributed by atoms with Crippen molar-refractivity contribution in [3.63, 3.8) is 0 Å². The number of nitrogens with one attached hydrogen (secondary N) is 1. The number of rotatable bonds is 7. The smallest absolute Gasteiger partial charge is 0.239 e. The second-order valence-electron chi connectivity index (χ2n) is 6.96. The summed E-state index contributed by atoms with van der Waals surface area (Å²) in [6, 6.07) is 8.23. The van der Waals surface area contributed by atoms with Gasteiger partial charge in [0, 0.05) is 25.6 Å². The molecule has 3 rings (SSSR count). The van der Waals surface area contributed by atoms with E-state index in [-0.39, 0.29) is 18.4 Å². The third-order valence-electron chi connectivity index (χ3n) is 4.97. The lowest BCUT2D eigenvalue weighted by Gasteiger charge is -2.32. The van der Waals surface area contributed by atoms with Crippen LogP contribution in [0.15, 0.2) is 24.3 Å². The lowest BCUT2D eigenvalue weighted by Crippen LogP contribution is -2.46. The topological polar surface area (TPSA) is 65.5 Å². The molecule has 0 spiro atoms. The summed E-state index contributed by atoms with van der Waals surface area (Å²) < 4.78 is 1.22. The van der Waals surface area contributed by atoms with E-state index in [1.807, 2.05) is 26.0 Å². The summed E-state index contributed by atoms with van der Waals surface area (Å²) in [4.78, 5) is 33.1. The fourth-order valence-electron chi connectivity index (χ4n) is 3.56. The molecule has 1 aliphatic rings. The Morgan fingerprint density at radius 3 is 2.89 bits per heavy atom. The van der Waals surface area contributed by atoms with E-state index in [9.17, 15) is 9.59 Å². The number of likely N-dealkylation sites (tertiary alicyclic amines) is 1. The predicted molar refractivity (Wildman–Crippen MR) is 109 cm³/mol. The van der Waals surface area contributed by atoms with Crippen molar-refractivity contribution in [3.8, 4) is 0 Å². The standard InChI is InChI=1S/C20H28N4O2S/c1-3-21-18(25)13-24(4-2)19(26)14-23-11-7-8-15(12-23)20-22-16-9-5-6-10-17(16)27-20/h5-6,9-10,15H,3-4,7-8,11-14H2,1-2H3,(H,21,25)/t15-/m1/s1. The highest BCUT2D eigenvalue weighted by molar-refractivity contribution is 7.18. The Hall–Kier alpha value is -1.99. The van der Waals surface area contributed by atoms with Crippen LogP contribution < -0.4 is 5.32 Å². The molecule has 0 bridgehead atoms. The number of nitrogens with zero attached hydrogens (tertiary/aromatic N) is 3. The van der Waals surface area contributed by atoms with Crippen molar-refractivity contribution in [2.24, 2.45) is 0 Å². The highest BCUT2D eigenvalue weighted by Crippen LogP contribution is 2.32. The number of carbonyl (C=O) groups excluding carboxylic acids is 2. The van der Waals surface area contributed by atoms with Gasteiger partial charge in [0.05, 0.1) is 28.3 Å². The van der Waals surface area contributed by atoms with Crippen LogP contribution >= 0.6 is 11.3 Å². The quantitative estimate of drug-likeness (QED) is 0.791. The predicted octanol–water partition coefficient (Wildman–Crippen LogP) is 2.46. The number of benzene rings is 1. The normalized spacial score (nSPS) is 17.8. The SMILES string of the molecule is CCNC(=O)CN(CC)C(=O)CN1CCC[C@@H](c2nc3ccccc3s2)C1. The number of hydrogen-bond acceptors (Lipinski definition) is 5. The molecule has 2 heterocycles. The molecule has 1 fully saturated rings. The number of amides is 2. The van der Waals surface area contributed by atoms with Gasteiger partial charge in [0.1, 0.15) is 0 Å². The average molecular weight is 389 g/mol. The number of hydrogen-bond donors (Lipinski definition) is 1. The Kier molecular flexibility index (Phi) is 6.79. The van der Waals surface area contributed by atoms with Gasteiger partial charge in [-0.05, 0) is 45.4 Å². The van der Waals surface area contributed by atoms with E-state index < -0.39 is 0 Å². The number of likely N-dealkylation sites (N-methyl/N-ethyl adjacent to an activating group) is 2. The van der Waals surface area contributed by atoms with Crippen molar-refractivity contribution in [3.05, 3.63) is 29.3 Å². The number of fused-ring (bicyclic) bond motifs is 1. The zero-order valence-corrected chi connectivity index (χ0v) is 16.9. The molecule has 27 heavy (non-hydrogen) atoms. The first-order valence-corrected chi connectivity index (χ1v) is 10.5. The molecule has 2 amide bonds. The van der Waals surface area contributed by atoms with E-state index >= 15 is 0 Å². The van der Waals surface area contributed by atoms with Gasteiger partial charge in [0.2, 0.25) is 11.8 Å². The molecular formula is C20H28N4O2S. The molecule has 1 aliphatic heterocycles. The Morgan fingerprint density at radius 2 is 2.15 bits per heavy atom. The van der Waals surface area contributed by atoms with E-state index in [2.05, 4.69) is 22.3 Å². The molecule has 0 saturated carbocycles. The first kappa shape index (κ1) is 19.8. The molecule has 1 saturated heterocycles. The van der Waals surface area contributed by atoms with Crippen LogP contribution in [0.4, 0.5) is 0 Å². The Morgan fingerprint density at radius 1 is 1.33 bits per heavy atom. The van der Waals surface area contributed by atoms with Gasteiger partial charge >= 0.3 is 0 Å². The van der Waals surface area contributed by atoms with Crippen LogP contribution in [0.3, 0.4) is 0 Å². The molecule has 1 aromatic carbocycles. The third kappa shape index (κ3) is 5.05. The largest absolute Gasteiger partial charge is 0.355 e. The first-order chi connectivity index (χ1) is 13.1. The van der Waals surface area contributed by atoms with Crippen molar-refractivity contribution in [1.29, 1.82) is 0 Å². The van der Waals surface area contributed by atoms with Crippen molar-refractivity contribution >= 4 is 33.4 Å². The van der Waals surface area contributed by atoms with Crippen molar-refractivity contribution < 1.29 is 9.59 Å². The number of piperidine rings is 1. The van der Waals surface area contributed by atoms with Crippen molar-refractivity contribution in [2.45, 2.75) is 32.6 Å². The summed E-state index contributed by atoms with van der Waals surface area (Å²) in [5, 5.41) is 3.93. The van der Waals surface area contributed by atoms with E-state index in [1.165, 1.54) is 9.71 Å². The fourth-order valence-corrected chi connectivity index (χ4v) is 4.65. The van der Waals surface area contributed by atoms with Crippen LogP contribution in [0, 0.1) is 0 Å². The van der Waals surface area contributed by atoms with E-state index in [4.69, 9.17) is 4.98 Å². The van der Waals surface area contributed by atoms with E-state index in [1.54, 1.807) is 16.2 Å². The summed E-state index contributed by atoms with van der Waals surface area (Å²) >= 11 is 1.76. The van der Waals surface area contributed by atoms with Crippen LogP contribution in [-0.2, 0) is 9.59 Å². The minimum absolute atomic E-state index is 0.0219. The lowest BCUT2D eigenvalue weighted by atomic mass is 9.98. The highest BCUT2D eigenvalue weighted by atomic mass is 32.1. The number of thiazole rings is 1.